The summed E-state index contributed by atoms with van der Waals surface area (Å²) in [6.07, 6.45) is 0. The van der Waals surface area contributed by atoms with Crippen molar-refractivity contribution in [1.82, 2.24) is 0 Å². The Hall–Kier alpha value is -5.36. The van der Waals surface area contributed by atoms with Crippen molar-refractivity contribution in [2.24, 2.45) is 5.73 Å². The van der Waals surface area contributed by atoms with E-state index in [1.54, 1.807) is 36.4 Å². The van der Waals surface area contributed by atoms with Gasteiger partial charge >= 0.3 is 5.97 Å². The van der Waals surface area contributed by atoms with Crippen molar-refractivity contribution < 1.29 is 32.5 Å². The molecule has 0 fully saturated rings. The number of carbonyl (C=O) groups is 1. The number of fused-ring (bicyclic) bond motifs is 1. The number of nitrogens with two attached hydrogens (primary N) is 1. The number of hydrogen-bond acceptors (Lipinski definition) is 7. The molecule has 0 saturated heterocycles. The molecule has 7 nitrogen and oxygen atoms in total. The lowest BCUT2D eigenvalue weighted by atomic mass is 9.83. The van der Waals surface area contributed by atoms with Crippen molar-refractivity contribution in [1.29, 1.82) is 5.26 Å². The van der Waals surface area contributed by atoms with Crippen molar-refractivity contribution in [3.05, 3.63) is 130 Å². The molecule has 4 aromatic rings. The highest BCUT2D eigenvalue weighted by Crippen LogP contribution is 2.45. The Morgan fingerprint density at radius 1 is 0.976 bits per heavy atom. The average Bonchev–Trinajstić information content (AvgIpc) is 2.97. The normalized spacial score (nSPS) is 14.0. The molecule has 41 heavy (non-hydrogen) atoms. The van der Waals surface area contributed by atoms with E-state index >= 15 is 0 Å². The molecule has 4 aromatic carbocycles. The maximum atomic E-state index is 14.0. The minimum absolute atomic E-state index is 0.0998. The summed E-state index contributed by atoms with van der Waals surface area (Å²) in [7, 11) is 0. The number of carbonyl (C=O) groups excluding carboxylic acids is 1. The van der Waals surface area contributed by atoms with Gasteiger partial charge in [-0.3, -0.25) is 0 Å². The molecule has 0 aliphatic carbocycles. The van der Waals surface area contributed by atoms with Crippen LogP contribution in [0, 0.1) is 23.0 Å². The number of esters is 1. The zero-order valence-corrected chi connectivity index (χ0v) is 21.9. The van der Waals surface area contributed by atoms with E-state index in [0.29, 0.717) is 29.2 Å². The lowest BCUT2D eigenvalue weighted by molar-refractivity contribution is 0.0729. The first-order valence-corrected chi connectivity index (χ1v) is 12.7. The average molecular weight is 555 g/mol. The van der Waals surface area contributed by atoms with Crippen LogP contribution in [0.2, 0.25) is 0 Å². The molecule has 1 aliphatic heterocycles. The van der Waals surface area contributed by atoms with Gasteiger partial charge in [-0.05, 0) is 60.5 Å². The highest BCUT2D eigenvalue weighted by atomic mass is 19.1. The number of nitrogens with zero attached hydrogens (tertiary/aromatic N) is 1. The predicted molar refractivity (Wildman–Crippen MR) is 145 cm³/mol. The van der Waals surface area contributed by atoms with E-state index in [0.717, 1.165) is 5.56 Å². The standard InChI is InChI=1S/C32H24F2N2O5/c1-2-38-29-15-20(9-14-27(29)39-18-19-7-10-21(33)11-8-19)30-24-13-12-22(16-28(24)41-31(36)25(30)17-35)40-32(37)23-5-3-4-6-26(23)34/h3-16,30H,2,18,36H2,1H3. The minimum atomic E-state index is -0.866. The number of rotatable bonds is 8. The summed E-state index contributed by atoms with van der Waals surface area (Å²) < 4.78 is 50.2. The molecule has 1 unspecified atom stereocenters. The van der Waals surface area contributed by atoms with Crippen LogP contribution < -0.4 is 24.7 Å². The first-order chi connectivity index (χ1) is 19.9. The van der Waals surface area contributed by atoms with Crippen LogP contribution in [0.25, 0.3) is 0 Å². The van der Waals surface area contributed by atoms with Crippen LogP contribution in [0.1, 0.15) is 39.9 Å². The number of nitriles is 1. The molecule has 0 aromatic heterocycles. The molecule has 1 heterocycles. The summed E-state index contributed by atoms with van der Waals surface area (Å²) in [5.74, 6) is -1.31. The van der Waals surface area contributed by atoms with Gasteiger partial charge in [-0.1, -0.05) is 36.4 Å². The Morgan fingerprint density at radius 3 is 2.49 bits per heavy atom. The number of hydrogen-bond donors (Lipinski definition) is 1. The van der Waals surface area contributed by atoms with E-state index in [9.17, 15) is 18.8 Å². The van der Waals surface area contributed by atoms with E-state index in [1.165, 1.54) is 48.5 Å². The second-order valence-corrected chi connectivity index (χ2v) is 9.05. The fourth-order valence-corrected chi connectivity index (χ4v) is 4.46. The summed E-state index contributed by atoms with van der Waals surface area (Å²) in [6.45, 7) is 2.40. The van der Waals surface area contributed by atoms with E-state index in [4.69, 9.17) is 24.7 Å². The van der Waals surface area contributed by atoms with Gasteiger partial charge in [0.2, 0.25) is 5.88 Å². The summed E-state index contributed by atoms with van der Waals surface area (Å²) in [6, 6.07) is 23.6. The fourth-order valence-electron chi connectivity index (χ4n) is 4.46. The third-order valence-corrected chi connectivity index (χ3v) is 6.40. The number of allylic oxidation sites excluding steroid dienone is 1. The number of halogens is 2. The zero-order valence-electron chi connectivity index (χ0n) is 21.9. The molecule has 9 heteroatoms. The Bertz CT molecular complexity index is 1680. The van der Waals surface area contributed by atoms with Gasteiger partial charge in [0, 0.05) is 11.6 Å². The molecule has 0 saturated carbocycles. The molecule has 206 valence electrons. The first-order valence-electron chi connectivity index (χ1n) is 12.7. The highest BCUT2D eigenvalue weighted by molar-refractivity contribution is 5.91. The van der Waals surface area contributed by atoms with Crippen molar-refractivity contribution in [3.8, 4) is 29.1 Å². The van der Waals surface area contributed by atoms with Gasteiger partial charge < -0.3 is 24.7 Å². The molecule has 1 aliphatic rings. The van der Waals surface area contributed by atoms with Crippen molar-refractivity contribution in [3.63, 3.8) is 0 Å². The van der Waals surface area contributed by atoms with Crippen LogP contribution >= 0.6 is 0 Å². The molecule has 2 N–H and O–H groups in total. The second kappa shape index (κ2) is 11.8. The summed E-state index contributed by atoms with van der Waals surface area (Å²) in [4.78, 5) is 12.5. The minimum Gasteiger partial charge on any atom is -0.490 e. The van der Waals surface area contributed by atoms with Crippen molar-refractivity contribution >= 4 is 5.97 Å². The fraction of sp³-hybridized carbons (Fsp3) is 0.125. The predicted octanol–water partition coefficient (Wildman–Crippen LogP) is 6.38. The molecule has 0 bridgehead atoms. The highest BCUT2D eigenvalue weighted by Gasteiger charge is 2.32. The number of ether oxygens (including phenoxy) is 4. The lowest BCUT2D eigenvalue weighted by Crippen LogP contribution is -2.21. The first kappa shape index (κ1) is 27.2. The Kier molecular flexibility index (Phi) is 7.83. The van der Waals surface area contributed by atoms with Crippen molar-refractivity contribution in [2.75, 3.05) is 6.61 Å². The van der Waals surface area contributed by atoms with Crippen LogP contribution in [0.4, 0.5) is 8.78 Å². The van der Waals surface area contributed by atoms with Gasteiger partial charge in [0.1, 0.15) is 41.4 Å². The van der Waals surface area contributed by atoms with Crippen LogP contribution in [-0.2, 0) is 6.61 Å². The Labute approximate surface area is 235 Å². The van der Waals surface area contributed by atoms with Crippen LogP contribution in [0.15, 0.2) is 96.4 Å². The molecule has 5 rings (SSSR count). The van der Waals surface area contributed by atoms with Crippen LogP contribution in [-0.4, -0.2) is 12.6 Å². The van der Waals surface area contributed by atoms with Gasteiger partial charge in [0.15, 0.2) is 11.5 Å². The molecular weight excluding hydrogens is 530 g/mol. The lowest BCUT2D eigenvalue weighted by Gasteiger charge is -2.27. The topological polar surface area (TPSA) is 104 Å². The monoisotopic (exact) mass is 554 g/mol. The quantitative estimate of drug-likeness (QED) is 0.199. The molecular formula is C32H24F2N2O5. The van der Waals surface area contributed by atoms with Gasteiger partial charge in [-0.15, -0.1) is 0 Å². The van der Waals surface area contributed by atoms with Gasteiger partial charge in [0.25, 0.3) is 0 Å². The van der Waals surface area contributed by atoms with E-state index in [2.05, 4.69) is 6.07 Å². The maximum Gasteiger partial charge on any atom is 0.346 e. The number of benzene rings is 4. The van der Waals surface area contributed by atoms with E-state index in [1.807, 2.05) is 6.92 Å². The molecule has 0 spiro atoms. The van der Waals surface area contributed by atoms with Gasteiger partial charge in [-0.2, -0.15) is 5.26 Å². The molecule has 0 amide bonds. The van der Waals surface area contributed by atoms with E-state index < -0.39 is 17.7 Å². The van der Waals surface area contributed by atoms with Crippen LogP contribution in [0.3, 0.4) is 0 Å². The largest absolute Gasteiger partial charge is 0.490 e. The Balaban J connectivity index is 1.45. The van der Waals surface area contributed by atoms with Gasteiger partial charge in [-0.25, -0.2) is 13.6 Å². The van der Waals surface area contributed by atoms with Gasteiger partial charge in [0.05, 0.1) is 18.1 Å². The van der Waals surface area contributed by atoms with Crippen molar-refractivity contribution in [2.45, 2.75) is 19.4 Å². The maximum absolute atomic E-state index is 14.0. The molecule has 0 radical (unpaired) electrons. The smallest absolute Gasteiger partial charge is 0.346 e. The zero-order chi connectivity index (χ0) is 28.9. The van der Waals surface area contributed by atoms with E-state index in [-0.39, 0.29) is 40.9 Å². The molecule has 1 atom stereocenters. The SMILES string of the molecule is CCOc1cc(C2C(C#N)=C(N)Oc3cc(OC(=O)c4ccccc4F)ccc32)ccc1OCc1ccc(F)cc1. The third kappa shape index (κ3) is 5.82. The second-order valence-electron chi connectivity index (χ2n) is 9.05. The summed E-state index contributed by atoms with van der Waals surface area (Å²) >= 11 is 0. The summed E-state index contributed by atoms with van der Waals surface area (Å²) in [5.41, 5.74) is 8.19. The van der Waals surface area contributed by atoms with Crippen LogP contribution in [0.5, 0.6) is 23.0 Å². The Morgan fingerprint density at radius 2 is 1.76 bits per heavy atom. The summed E-state index contributed by atoms with van der Waals surface area (Å²) in [5, 5.41) is 9.95. The third-order valence-electron chi connectivity index (χ3n) is 6.40.